The number of quaternary nitrogens is 1. The quantitative estimate of drug-likeness (QED) is 0.513. The number of hydrogen-bond donors (Lipinski definition) is 1. The Morgan fingerprint density at radius 1 is 1.50 bits per heavy atom. The van der Waals surface area contributed by atoms with E-state index < -0.39 is 0 Å². The Morgan fingerprint density at radius 3 is 2.95 bits per heavy atom. The smallest absolute Gasteiger partial charge is 0.314 e. The molecule has 22 heavy (non-hydrogen) atoms. The highest BCUT2D eigenvalue weighted by Crippen LogP contribution is 2.41. The molecule has 1 saturated carbocycles. The molecule has 0 bridgehead atoms. The minimum absolute atomic E-state index is 0.126. The van der Waals surface area contributed by atoms with Crippen molar-refractivity contribution in [2.75, 3.05) is 20.6 Å². The fraction of sp³-hybridized carbons (Fsp3) is 0.471. The molecule has 1 N–H and O–H groups in total. The Labute approximate surface area is 136 Å². The highest BCUT2D eigenvalue weighted by atomic mass is 35.5. The molecule has 0 aliphatic heterocycles. The standard InChI is InChI=1S/C17H21ClN2O2/c1-4-5-6-10-20(2,3)22-17(21)19-16-12-15(16)13-8-7-9-14(18)11-13/h7-9,11,15-16H,6,10,12H2,1-3H3/p+1. The molecule has 0 saturated heterocycles. The second kappa shape index (κ2) is 7.04. The summed E-state index contributed by atoms with van der Waals surface area (Å²) in [7, 11) is 3.69. The van der Waals surface area contributed by atoms with Crippen molar-refractivity contribution < 1.29 is 14.3 Å². The van der Waals surface area contributed by atoms with Crippen LogP contribution in [0.3, 0.4) is 0 Å². The molecule has 1 aliphatic rings. The zero-order valence-electron chi connectivity index (χ0n) is 13.2. The van der Waals surface area contributed by atoms with Gasteiger partial charge in [-0.1, -0.05) is 29.7 Å². The number of hydrogen-bond acceptors (Lipinski definition) is 2. The number of nitrogens with one attached hydrogen (secondary N) is 1. The Bertz CT molecular complexity index is 604. The summed E-state index contributed by atoms with van der Waals surface area (Å²) in [5.41, 5.74) is 1.16. The van der Waals surface area contributed by atoms with Crippen LogP contribution in [-0.4, -0.2) is 37.4 Å². The number of rotatable bonds is 5. The average molecular weight is 322 g/mol. The zero-order valence-corrected chi connectivity index (χ0v) is 14.0. The Balaban J connectivity index is 1.80. The number of halogens is 1. The molecule has 2 atom stereocenters. The summed E-state index contributed by atoms with van der Waals surface area (Å²) in [5, 5.41) is 3.64. The normalized spacial score (nSPS) is 19.8. The fourth-order valence-electron chi connectivity index (χ4n) is 2.36. The van der Waals surface area contributed by atoms with Gasteiger partial charge >= 0.3 is 6.09 Å². The zero-order chi connectivity index (χ0) is 16.2. The number of carbonyl (C=O) groups is 1. The van der Waals surface area contributed by atoms with E-state index in [4.69, 9.17) is 16.4 Å². The van der Waals surface area contributed by atoms with Crippen LogP contribution in [0.2, 0.25) is 5.02 Å². The van der Waals surface area contributed by atoms with Crippen LogP contribution < -0.4 is 5.32 Å². The third-order valence-corrected chi connectivity index (χ3v) is 3.89. The van der Waals surface area contributed by atoms with E-state index in [9.17, 15) is 4.79 Å². The Hall–Kier alpha value is -1.70. The lowest BCUT2D eigenvalue weighted by Crippen LogP contribution is -2.45. The molecule has 2 unspecified atom stereocenters. The van der Waals surface area contributed by atoms with Gasteiger partial charge in [-0.15, -0.1) is 10.6 Å². The van der Waals surface area contributed by atoms with Crippen LogP contribution in [0.1, 0.15) is 31.2 Å². The van der Waals surface area contributed by atoms with Gasteiger partial charge in [0, 0.05) is 17.0 Å². The molecule has 0 heterocycles. The maximum atomic E-state index is 12.0. The van der Waals surface area contributed by atoms with Crippen molar-refractivity contribution in [1.29, 1.82) is 0 Å². The Morgan fingerprint density at radius 2 is 2.27 bits per heavy atom. The van der Waals surface area contributed by atoms with Gasteiger partial charge in [0.15, 0.2) is 0 Å². The van der Waals surface area contributed by atoms with E-state index in [1.54, 1.807) is 6.92 Å². The first-order valence-corrected chi connectivity index (χ1v) is 7.77. The molecular formula is C17H22ClN2O2+. The van der Waals surface area contributed by atoms with Gasteiger partial charge in [0.1, 0.15) is 20.6 Å². The first-order chi connectivity index (χ1) is 10.4. The molecule has 2 rings (SSSR count). The van der Waals surface area contributed by atoms with Gasteiger partial charge in [-0.2, -0.15) is 0 Å². The summed E-state index contributed by atoms with van der Waals surface area (Å²) < 4.78 is 0.162. The lowest BCUT2D eigenvalue weighted by atomic mass is 10.1. The lowest BCUT2D eigenvalue weighted by Gasteiger charge is -2.25. The molecule has 0 aromatic heterocycles. The van der Waals surface area contributed by atoms with E-state index in [0.29, 0.717) is 18.9 Å². The summed E-state index contributed by atoms with van der Waals surface area (Å²) in [6.07, 6.45) is 1.24. The fourth-order valence-corrected chi connectivity index (χ4v) is 2.56. The first kappa shape index (κ1) is 16.7. The summed E-state index contributed by atoms with van der Waals surface area (Å²) in [6, 6.07) is 7.89. The Kier molecular flexibility index (Phi) is 5.33. The van der Waals surface area contributed by atoms with Gasteiger partial charge in [-0.3, -0.25) is 4.84 Å². The highest BCUT2D eigenvalue weighted by Gasteiger charge is 2.41. The van der Waals surface area contributed by atoms with Gasteiger partial charge in [-0.05, 0) is 31.0 Å². The third kappa shape index (κ3) is 4.94. The van der Waals surface area contributed by atoms with Crippen LogP contribution in [-0.2, 0) is 4.84 Å². The van der Waals surface area contributed by atoms with E-state index in [1.807, 2.05) is 38.4 Å². The summed E-state index contributed by atoms with van der Waals surface area (Å²) in [5.74, 6) is 6.14. The largest absolute Gasteiger partial charge is 0.462 e. The summed E-state index contributed by atoms with van der Waals surface area (Å²) >= 11 is 5.99. The molecule has 0 radical (unpaired) electrons. The van der Waals surface area contributed by atoms with E-state index >= 15 is 0 Å². The van der Waals surface area contributed by atoms with Crippen LogP contribution in [0.15, 0.2) is 24.3 Å². The van der Waals surface area contributed by atoms with Crippen LogP contribution in [0, 0.1) is 11.8 Å². The number of nitrogens with zero attached hydrogens (tertiary/aromatic N) is 1. The minimum Gasteiger partial charge on any atom is -0.314 e. The maximum absolute atomic E-state index is 12.0. The van der Waals surface area contributed by atoms with E-state index in [0.717, 1.165) is 17.0 Å². The summed E-state index contributed by atoms with van der Waals surface area (Å²) in [4.78, 5) is 17.4. The van der Waals surface area contributed by atoms with Crippen LogP contribution in [0.5, 0.6) is 0 Å². The van der Waals surface area contributed by atoms with Crippen molar-refractivity contribution in [3.63, 3.8) is 0 Å². The number of carbonyl (C=O) groups excluding carboxylic acids is 1. The first-order valence-electron chi connectivity index (χ1n) is 7.39. The molecule has 1 fully saturated rings. The van der Waals surface area contributed by atoms with Crippen LogP contribution in [0.25, 0.3) is 0 Å². The lowest BCUT2D eigenvalue weighted by molar-refractivity contribution is -1.06. The summed E-state index contributed by atoms with van der Waals surface area (Å²) in [6.45, 7) is 2.47. The predicted octanol–water partition coefficient (Wildman–Crippen LogP) is 3.33. The molecule has 1 aliphatic carbocycles. The molecule has 5 heteroatoms. The van der Waals surface area contributed by atoms with Gasteiger partial charge in [0.25, 0.3) is 0 Å². The van der Waals surface area contributed by atoms with Crippen molar-refractivity contribution in [3.8, 4) is 11.8 Å². The van der Waals surface area contributed by atoms with E-state index in [-0.39, 0.29) is 16.8 Å². The molecular weight excluding hydrogens is 300 g/mol. The average Bonchev–Trinajstić information content (AvgIpc) is 3.17. The second-order valence-corrected chi connectivity index (χ2v) is 6.44. The van der Waals surface area contributed by atoms with Gasteiger partial charge in [0.2, 0.25) is 0 Å². The van der Waals surface area contributed by atoms with Crippen LogP contribution >= 0.6 is 11.6 Å². The third-order valence-electron chi connectivity index (χ3n) is 3.65. The second-order valence-electron chi connectivity index (χ2n) is 6.00. The molecule has 4 nitrogen and oxygen atoms in total. The van der Waals surface area contributed by atoms with E-state index in [2.05, 4.69) is 17.2 Å². The van der Waals surface area contributed by atoms with Gasteiger partial charge in [-0.25, -0.2) is 4.79 Å². The van der Waals surface area contributed by atoms with Gasteiger partial charge < -0.3 is 5.32 Å². The highest BCUT2D eigenvalue weighted by molar-refractivity contribution is 6.30. The molecule has 118 valence electrons. The molecule has 1 aromatic carbocycles. The van der Waals surface area contributed by atoms with Crippen molar-refractivity contribution in [2.45, 2.75) is 31.7 Å². The van der Waals surface area contributed by atoms with Crippen LogP contribution in [0.4, 0.5) is 4.79 Å². The number of benzene rings is 1. The monoisotopic (exact) mass is 321 g/mol. The van der Waals surface area contributed by atoms with Crippen molar-refractivity contribution >= 4 is 17.7 Å². The number of hydroxylamine groups is 3. The van der Waals surface area contributed by atoms with Crippen molar-refractivity contribution in [3.05, 3.63) is 34.9 Å². The molecule has 0 spiro atoms. The SMILES string of the molecule is CC#CCC[N+](C)(C)OC(=O)NC1CC1c1cccc(Cl)c1. The van der Waals surface area contributed by atoms with Crippen molar-refractivity contribution in [1.82, 2.24) is 5.32 Å². The minimum atomic E-state index is -0.385. The maximum Gasteiger partial charge on any atom is 0.462 e. The topological polar surface area (TPSA) is 38.3 Å². The van der Waals surface area contributed by atoms with E-state index in [1.165, 1.54) is 0 Å². The molecule has 1 amide bonds. The predicted molar refractivity (Wildman–Crippen MR) is 87.3 cm³/mol. The van der Waals surface area contributed by atoms with Gasteiger partial charge in [0.05, 0.1) is 6.42 Å². The van der Waals surface area contributed by atoms with Crippen molar-refractivity contribution in [2.24, 2.45) is 0 Å². The number of amides is 1. The molecule has 1 aromatic rings.